The van der Waals surface area contributed by atoms with Crippen molar-refractivity contribution in [2.45, 2.75) is 79.3 Å². The van der Waals surface area contributed by atoms with Crippen LogP contribution >= 0.6 is 0 Å². The number of carbonyl (C=O) groups excluding carboxylic acids is 4. The Morgan fingerprint density at radius 2 is 1.16 bits per heavy atom. The van der Waals surface area contributed by atoms with Crippen molar-refractivity contribution in [3.05, 3.63) is 0 Å². The first-order chi connectivity index (χ1) is 14.6. The molecular weight excluding hydrogens is 487 g/mol. The molecule has 0 aromatic carbocycles. The maximum atomic E-state index is 12.6. The van der Waals surface area contributed by atoms with Gasteiger partial charge in [-0.25, -0.2) is 0 Å². The zero-order chi connectivity index (χ0) is 23.8. The van der Waals surface area contributed by atoms with Crippen LogP contribution in [0.15, 0.2) is 0 Å². The number of rotatable bonds is 20. The van der Waals surface area contributed by atoms with Crippen LogP contribution in [0.1, 0.15) is 60.8 Å². The minimum atomic E-state index is -3.86. The monoisotopic (exact) mass is 523 g/mol. The fourth-order valence-corrected chi connectivity index (χ4v) is 6.51. The summed E-state index contributed by atoms with van der Waals surface area (Å²) >= 11 is -3.86. The number of ketones is 2. The molecule has 0 heterocycles. The van der Waals surface area contributed by atoms with E-state index < -0.39 is 59.9 Å². The number of hydrogen-bond donors (Lipinski definition) is 0. The van der Waals surface area contributed by atoms with Gasteiger partial charge >= 0.3 is 194 Å². The van der Waals surface area contributed by atoms with Gasteiger partial charge in [0, 0.05) is 0 Å². The average molecular weight is 525 g/mol. The van der Waals surface area contributed by atoms with Crippen molar-refractivity contribution >= 4 is 18.5 Å². The summed E-state index contributed by atoms with van der Waals surface area (Å²) in [6, 6.07) is 0. The third kappa shape index (κ3) is 15.7. The average Bonchev–Trinajstić information content (AvgIpc) is 2.66. The van der Waals surface area contributed by atoms with E-state index in [1.54, 1.807) is 13.8 Å². The van der Waals surface area contributed by atoms with Crippen LogP contribution in [0.25, 0.3) is 0 Å². The van der Waals surface area contributed by atoms with E-state index in [1.807, 2.05) is 27.7 Å². The molecule has 9 nitrogen and oxygen atoms in total. The van der Waals surface area contributed by atoms with E-state index in [9.17, 15) is 19.2 Å². The van der Waals surface area contributed by atoms with E-state index in [4.69, 9.17) is 21.8 Å². The minimum absolute atomic E-state index is 0.0651. The predicted octanol–water partition coefficient (Wildman–Crippen LogP) is 2.15. The third-order valence-electron chi connectivity index (χ3n) is 3.60. The topological polar surface area (TPSA) is 114 Å². The van der Waals surface area contributed by atoms with Gasteiger partial charge in [-0.05, 0) is 0 Å². The Bertz CT molecular complexity index is 519. The van der Waals surface area contributed by atoms with Crippen molar-refractivity contribution in [3.63, 3.8) is 0 Å². The number of Topliss-reactive ketones (excluding diaryl/α,β-unsaturated/α-hetero) is 2. The van der Waals surface area contributed by atoms with Crippen LogP contribution in [0.5, 0.6) is 0 Å². The summed E-state index contributed by atoms with van der Waals surface area (Å²) in [6.07, 6.45) is -1.21. The number of hydrogen-bond acceptors (Lipinski definition) is 9. The van der Waals surface area contributed by atoms with Gasteiger partial charge in [-0.3, -0.25) is 0 Å². The molecule has 0 rings (SSSR count). The Morgan fingerprint density at radius 1 is 0.742 bits per heavy atom. The maximum absolute atomic E-state index is 12.6. The molecule has 0 radical (unpaired) electrons. The van der Waals surface area contributed by atoms with Gasteiger partial charge in [-0.15, -0.1) is 0 Å². The SMILES string of the molecule is CCOCC(=O)C[C](=O)[Zr]([O]CCC(OC(C)C)OC(C)C)[C](=O)CC(=O)COCC. The van der Waals surface area contributed by atoms with Crippen molar-refractivity contribution < 1.29 is 63.1 Å². The molecule has 0 unspecified atom stereocenters. The fraction of sp³-hybridized carbons (Fsp3) is 0.810. The second-order valence-electron chi connectivity index (χ2n) is 7.32. The standard InChI is InChI=1S/C9H19O3.2C6H9O3.Zr/c1-7(2)11-9(5-6-10)12-8(3)4;2*1-2-9-5-6(8)3-4-7;/h7-9H,5-6H2,1-4H3;2*2-3,5H2,1H3;/q-1;;;+1. The summed E-state index contributed by atoms with van der Waals surface area (Å²) in [6.45, 7) is 11.4. The van der Waals surface area contributed by atoms with Crippen molar-refractivity contribution in [2.75, 3.05) is 33.0 Å². The molecule has 0 amide bonds. The summed E-state index contributed by atoms with van der Waals surface area (Å²) in [5.74, 6) is -0.822. The van der Waals surface area contributed by atoms with Crippen LogP contribution in [-0.2, 0) is 63.1 Å². The molecule has 0 aromatic heterocycles. The van der Waals surface area contributed by atoms with Gasteiger partial charge in [0.05, 0.1) is 0 Å². The molecule has 10 heteroatoms. The normalized spacial score (nSPS) is 11.4. The zero-order valence-corrected chi connectivity index (χ0v) is 22.0. The van der Waals surface area contributed by atoms with Crippen molar-refractivity contribution in [1.29, 1.82) is 0 Å². The van der Waals surface area contributed by atoms with Gasteiger partial charge in [0.15, 0.2) is 0 Å². The summed E-state index contributed by atoms with van der Waals surface area (Å²) in [7, 11) is 0. The molecule has 0 spiro atoms. The van der Waals surface area contributed by atoms with Crippen molar-refractivity contribution in [1.82, 2.24) is 0 Å². The molecule has 31 heavy (non-hydrogen) atoms. The second-order valence-corrected chi connectivity index (χ2v) is 12.4. The van der Waals surface area contributed by atoms with Crippen LogP contribution in [0.2, 0.25) is 0 Å². The second kappa shape index (κ2) is 17.9. The van der Waals surface area contributed by atoms with E-state index in [0.29, 0.717) is 19.6 Å². The quantitative estimate of drug-likeness (QED) is 0.174. The van der Waals surface area contributed by atoms with Crippen molar-refractivity contribution in [2.24, 2.45) is 0 Å². The summed E-state index contributed by atoms with van der Waals surface area (Å²) in [4.78, 5) is 49.1. The van der Waals surface area contributed by atoms with Gasteiger partial charge < -0.3 is 0 Å². The van der Waals surface area contributed by atoms with Gasteiger partial charge in [-0.1, -0.05) is 0 Å². The molecule has 0 saturated heterocycles. The molecule has 0 aromatic rings. The first-order valence-electron chi connectivity index (χ1n) is 10.7. The van der Waals surface area contributed by atoms with Crippen LogP contribution in [-0.4, -0.2) is 70.1 Å². The van der Waals surface area contributed by atoms with E-state index in [-0.39, 0.29) is 32.0 Å². The first-order valence-corrected chi connectivity index (χ1v) is 14.1. The molecule has 0 bridgehead atoms. The molecule has 0 aliphatic heterocycles. The summed E-state index contributed by atoms with van der Waals surface area (Å²) < 4.78 is 26.1. The van der Waals surface area contributed by atoms with Gasteiger partial charge in [0.25, 0.3) is 0 Å². The summed E-state index contributed by atoms with van der Waals surface area (Å²) in [5.41, 5.74) is 0. The number of ether oxygens (including phenoxy) is 4. The van der Waals surface area contributed by atoms with E-state index in [1.165, 1.54) is 0 Å². The fourth-order valence-electron chi connectivity index (χ4n) is 2.40. The molecule has 0 aliphatic carbocycles. The summed E-state index contributed by atoms with van der Waals surface area (Å²) in [5, 5.41) is 0. The van der Waals surface area contributed by atoms with Crippen LogP contribution < -0.4 is 0 Å². The Labute approximate surface area is 193 Å². The zero-order valence-electron chi connectivity index (χ0n) is 19.6. The molecule has 0 saturated carbocycles. The molecule has 0 fully saturated rings. The van der Waals surface area contributed by atoms with Crippen LogP contribution in [0.3, 0.4) is 0 Å². The van der Waals surface area contributed by atoms with Gasteiger partial charge in [-0.2, -0.15) is 0 Å². The van der Waals surface area contributed by atoms with Gasteiger partial charge in [0.2, 0.25) is 0 Å². The van der Waals surface area contributed by atoms with Crippen molar-refractivity contribution in [3.8, 4) is 0 Å². The predicted molar refractivity (Wildman–Crippen MR) is 109 cm³/mol. The van der Waals surface area contributed by atoms with Gasteiger partial charge in [0.1, 0.15) is 0 Å². The Balaban J connectivity index is 5.06. The number of carbonyl (C=O) groups is 4. The Hall–Kier alpha value is -0.637. The van der Waals surface area contributed by atoms with E-state index in [0.717, 1.165) is 0 Å². The molecular formula is C21H37O9Zr. The van der Waals surface area contributed by atoms with Crippen LogP contribution in [0, 0.1) is 0 Å². The Kier molecular flexibility index (Phi) is 17.5. The third-order valence-corrected chi connectivity index (χ3v) is 8.17. The first kappa shape index (κ1) is 30.4. The molecule has 179 valence electrons. The van der Waals surface area contributed by atoms with Crippen LogP contribution in [0.4, 0.5) is 0 Å². The molecule has 0 atom stereocenters. The van der Waals surface area contributed by atoms with E-state index in [2.05, 4.69) is 0 Å². The molecule has 0 aliphatic rings. The Morgan fingerprint density at radius 3 is 1.52 bits per heavy atom. The van der Waals surface area contributed by atoms with E-state index >= 15 is 0 Å². The molecule has 0 N–H and O–H groups in total.